The van der Waals surface area contributed by atoms with Crippen molar-refractivity contribution in [2.45, 2.75) is 33.4 Å². The number of nitrogens with zero attached hydrogens (tertiary/aromatic N) is 1. The highest BCUT2D eigenvalue weighted by atomic mass is 16.5. The fourth-order valence-electron chi connectivity index (χ4n) is 2.51. The van der Waals surface area contributed by atoms with Crippen molar-refractivity contribution >= 4 is 11.9 Å². The molecule has 0 aliphatic rings. The van der Waals surface area contributed by atoms with Crippen LogP contribution in [0, 0.1) is 13.8 Å². The Morgan fingerprint density at radius 3 is 2.76 bits per heavy atom. The van der Waals surface area contributed by atoms with Gasteiger partial charge in [-0.15, -0.1) is 0 Å². The monoisotopic (exact) mass is 348 g/mol. The van der Waals surface area contributed by atoms with Crippen molar-refractivity contribution in [1.29, 1.82) is 0 Å². The molecule has 7 heteroatoms. The first kappa shape index (κ1) is 18.8. The summed E-state index contributed by atoms with van der Waals surface area (Å²) >= 11 is 0. The molecule has 136 valence electrons. The van der Waals surface area contributed by atoms with Crippen molar-refractivity contribution in [3.8, 4) is 0 Å². The van der Waals surface area contributed by atoms with Crippen LogP contribution in [-0.2, 0) is 20.8 Å². The van der Waals surface area contributed by atoms with E-state index in [2.05, 4.69) is 5.32 Å². The number of aryl methyl sites for hydroxylation is 1. The third-order valence-electron chi connectivity index (χ3n) is 3.95. The fraction of sp³-hybridized carbons (Fsp3) is 0.444. The van der Waals surface area contributed by atoms with Crippen LogP contribution in [0.4, 0.5) is 0 Å². The van der Waals surface area contributed by atoms with Crippen LogP contribution in [0.1, 0.15) is 34.4 Å². The second-order valence-electron chi connectivity index (χ2n) is 5.78. The Balaban J connectivity index is 2.03. The van der Waals surface area contributed by atoms with Gasteiger partial charge in [0.1, 0.15) is 5.76 Å². The Labute approximate surface area is 146 Å². The maximum Gasteiger partial charge on any atom is 0.340 e. The summed E-state index contributed by atoms with van der Waals surface area (Å²) in [7, 11) is 1.55. The van der Waals surface area contributed by atoms with Crippen LogP contribution in [0.3, 0.4) is 0 Å². The summed E-state index contributed by atoms with van der Waals surface area (Å²) in [5, 5.41) is 2.64. The second kappa shape index (κ2) is 8.53. The second-order valence-corrected chi connectivity index (χ2v) is 5.78. The van der Waals surface area contributed by atoms with E-state index in [1.807, 2.05) is 30.5 Å². The summed E-state index contributed by atoms with van der Waals surface area (Å²) in [6.07, 6.45) is 0.736. The van der Waals surface area contributed by atoms with Crippen LogP contribution in [0.5, 0.6) is 0 Å². The SMILES string of the molecule is COCCNC(=O)[C@@H](C)OC(=O)c1cc(C)n(Cc2ccco2)c1C. The fourth-order valence-corrected chi connectivity index (χ4v) is 2.51. The average Bonchev–Trinajstić information content (AvgIpc) is 3.18. The molecule has 0 saturated heterocycles. The molecule has 1 atom stereocenters. The van der Waals surface area contributed by atoms with Gasteiger partial charge in [-0.25, -0.2) is 4.79 Å². The Hall–Kier alpha value is -2.54. The third kappa shape index (κ3) is 4.73. The molecule has 0 saturated carbocycles. The Morgan fingerprint density at radius 1 is 1.36 bits per heavy atom. The summed E-state index contributed by atoms with van der Waals surface area (Å²) < 4.78 is 17.5. The van der Waals surface area contributed by atoms with Gasteiger partial charge in [0.25, 0.3) is 5.91 Å². The van der Waals surface area contributed by atoms with E-state index in [1.54, 1.807) is 26.4 Å². The number of nitrogens with one attached hydrogen (secondary N) is 1. The van der Waals surface area contributed by atoms with Gasteiger partial charge in [0.05, 0.1) is 25.0 Å². The standard InChI is InChI=1S/C18H24N2O5/c1-12-10-16(13(2)20(12)11-15-6-5-8-24-15)18(22)25-14(3)17(21)19-7-9-23-4/h5-6,8,10,14H,7,9,11H2,1-4H3,(H,19,21)/t14-/m1/s1. The number of amides is 1. The molecule has 2 heterocycles. The Morgan fingerprint density at radius 2 is 2.12 bits per heavy atom. The molecule has 0 radical (unpaired) electrons. The van der Waals surface area contributed by atoms with Crippen LogP contribution >= 0.6 is 0 Å². The molecule has 0 aromatic carbocycles. The van der Waals surface area contributed by atoms with E-state index in [-0.39, 0.29) is 5.91 Å². The van der Waals surface area contributed by atoms with E-state index >= 15 is 0 Å². The molecule has 2 aromatic heterocycles. The number of rotatable bonds is 8. The van der Waals surface area contributed by atoms with E-state index in [4.69, 9.17) is 13.9 Å². The molecule has 0 fully saturated rings. The number of hydrogen-bond acceptors (Lipinski definition) is 5. The summed E-state index contributed by atoms with van der Waals surface area (Å²) in [5.74, 6) is -0.0735. The van der Waals surface area contributed by atoms with Gasteiger partial charge in [-0.1, -0.05) is 0 Å². The number of hydrogen-bond donors (Lipinski definition) is 1. The molecule has 2 aromatic rings. The lowest BCUT2D eigenvalue weighted by Gasteiger charge is -2.13. The number of carbonyl (C=O) groups excluding carboxylic acids is 2. The first-order chi connectivity index (χ1) is 11.9. The minimum Gasteiger partial charge on any atom is -0.467 e. The van der Waals surface area contributed by atoms with E-state index in [0.717, 1.165) is 17.1 Å². The summed E-state index contributed by atoms with van der Waals surface area (Å²) in [4.78, 5) is 24.3. The lowest BCUT2D eigenvalue weighted by Crippen LogP contribution is -2.37. The maximum absolute atomic E-state index is 12.4. The van der Waals surface area contributed by atoms with Gasteiger partial charge in [-0.3, -0.25) is 4.79 Å². The average molecular weight is 348 g/mol. The number of carbonyl (C=O) groups is 2. The van der Waals surface area contributed by atoms with E-state index in [0.29, 0.717) is 25.3 Å². The maximum atomic E-state index is 12.4. The highest BCUT2D eigenvalue weighted by Crippen LogP contribution is 2.19. The molecule has 0 spiro atoms. The molecule has 25 heavy (non-hydrogen) atoms. The molecule has 0 unspecified atom stereocenters. The lowest BCUT2D eigenvalue weighted by molar-refractivity contribution is -0.129. The number of esters is 1. The molecule has 1 amide bonds. The van der Waals surface area contributed by atoms with E-state index in [1.165, 1.54) is 0 Å². The number of methoxy groups -OCH3 is 1. The zero-order chi connectivity index (χ0) is 18.4. The summed E-state index contributed by atoms with van der Waals surface area (Å²) in [6, 6.07) is 5.46. The van der Waals surface area contributed by atoms with Crippen molar-refractivity contribution in [2.24, 2.45) is 0 Å². The van der Waals surface area contributed by atoms with Crippen LogP contribution in [0.25, 0.3) is 0 Å². The highest BCUT2D eigenvalue weighted by molar-refractivity contribution is 5.93. The van der Waals surface area contributed by atoms with Gasteiger partial charge in [0.15, 0.2) is 6.10 Å². The van der Waals surface area contributed by atoms with Gasteiger partial charge in [0, 0.05) is 25.0 Å². The van der Waals surface area contributed by atoms with Crippen LogP contribution in [0.2, 0.25) is 0 Å². The predicted molar refractivity (Wildman–Crippen MR) is 91.5 cm³/mol. The van der Waals surface area contributed by atoms with Crippen molar-refractivity contribution in [3.05, 3.63) is 47.2 Å². The van der Waals surface area contributed by atoms with Crippen molar-refractivity contribution in [3.63, 3.8) is 0 Å². The van der Waals surface area contributed by atoms with Crippen molar-refractivity contribution in [2.75, 3.05) is 20.3 Å². The third-order valence-corrected chi connectivity index (χ3v) is 3.95. The van der Waals surface area contributed by atoms with E-state index < -0.39 is 12.1 Å². The number of furan rings is 1. The summed E-state index contributed by atoms with van der Waals surface area (Å²) in [6.45, 7) is 6.60. The van der Waals surface area contributed by atoms with Gasteiger partial charge >= 0.3 is 5.97 Å². The quantitative estimate of drug-likeness (QED) is 0.583. The van der Waals surface area contributed by atoms with Gasteiger partial charge in [-0.05, 0) is 39.0 Å². The molecule has 1 N–H and O–H groups in total. The molecule has 2 rings (SSSR count). The molecular formula is C18H24N2O5. The Bertz CT molecular complexity index is 718. The molecule has 0 aliphatic heterocycles. The predicted octanol–water partition coefficient (Wildman–Crippen LogP) is 2.05. The topological polar surface area (TPSA) is 82.7 Å². The Kier molecular flexibility index (Phi) is 6.41. The van der Waals surface area contributed by atoms with Crippen LogP contribution < -0.4 is 5.32 Å². The zero-order valence-corrected chi connectivity index (χ0v) is 15.0. The molecular weight excluding hydrogens is 324 g/mol. The zero-order valence-electron chi connectivity index (χ0n) is 15.0. The summed E-state index contributed by atoms with van der Waals surface area (Å²) in [5.41, 5.74) is 2.13. The van der Waals surface area contributed by atoms with Crippen LogP contribution in [0.15, 0.2) is 28.9 Å². The smallest absolute Gasteiger partial charge is 0.340 e. The van der Waals surface area contributed by atoms with Crippen molar-refractivity contribution in [1.82, 2.24) is 9.88 Å². The largest absolute Gasteiger partial charge is 0.467 e. The molecule has 7 nitrogen and oxygen atoms in total. The molecule has 0 aliphatic carbocycles. The van der Waals surface area contributed by atoms with Gasteiger partial charge in [0.2, 0.25) is 0 Å². The lowest BCUT2D eigenvalue weighted by atomic mass is 10.2. The minimum atomic E-state index is -0.877. The van der Waals surface area contributed by atoms with Gasteiger partial charge < -0.3 is 23.8 Å². The first-order valence-electron chi connectivity index (χ1n) is 8.10. The minimum absolute atomic E-state index is 0.352. The highest BCUT2D eigenvalue weighted by Gasteiger charge is 2.22. The van der Waals surface area contributed by atoms with Crippen LogP contribution in [-0.4, -0.2) is 42.8 Å². The number of ether oxygens (including phenoxy) is 2. The normalized spacial score (nSPS) is 12.0. The number of aromatic nitrogens is 1. The van der Waals surface area contributed by atoms with Crippen molar-refractivity contribution < 1.29 is 23.5 Å². The van der Waals surface area contributed by atoms with E-state index in [9.17, 15) is 9.59 Å². The van der Waals surface area contributed by atoms with Gasteiger partial charge in [-0.2, -0.15) is 0 Å². The molecule has 0 bridgehead atoms. The first-order valence-corrected chi connectivity index (χ1v) is 8.10.